The highest BCUT2D eigenvalue weighted by Crippen LogP contribution is 2.40. The van der Waals surface area contributed by atoms with Crippen LogP contribution in [0.2, 0.25) is 0 Å². The molecule has 4 nitrogen and oxygen atoms in total. The molecule has 0 spiro atoms. The van der Waals surface area contributed by atoms with Gasteiger partial charge in [-0.05, 0) is 23.1 Å². The summed E-state index contributed by atoms with van der Waals surface area (Å²) in [6.07, 6.45) is 1.66. The Morgan fingerprint density at radius 1 is 1.32 bits per heavy atom. The Balaban J connectivity index is 2.31. The Labute approximate surface area is 122 Å². The van der Waals surface area contributed by atoms with Gasteiger partial charge in [0.1, 0.15) is 12.3 Å². The predicted octanol–water partition coefficient (Wildman–Crippen LogP) is 2.49. The van der Waals surface area contributed by atoms with Crippen molar-refractivity contribution in [2.75, 3.05) is 13.2 Å². The molecule has 1 aromatic carbocycles. The lowest BCUT2D eigenvalue weighted by Crippen LogP contribution is -2.51. The summed E-state index contributed by atoms with van der Waals surface area (Å²) in [6.45, 7) is 7.19. The Kier molecular flexibility index (Phi) is 3.99. The van der Waals surface area contributed by atoms with Gasteiger partial charge in [-0.15, -0.1) is 0 Å². The van der Waals surface area contributed by atoms with Crippen LogP contribution in [0.5, 0.6) is 0 Å². The highest BCUT2D eigenvalue weighted by atomic mass is 79.9. The molecule has 0 aliphatic carbocycles. The van der Waals surface area contributed by atoms with E-state index in [0.29, 0.717) is 13.2 Å². The second kappa shape index (κ2) is 5.23. The van der Waals surface area contributed by atoms with Crippen molar-refractivity contribution in [1.29, 1.82) is 0 Å². The number of aliphatic imine (C=N–C) groups is 1. The van der Waals surface area contributed by atoms with Crippen LogP contribution >= 0.6 is 15.9 Å². The van der Waals surface area contributed by atoms with Gasteiger partial charge in [0.05, 0.1) is 12.9 Å². The van der Waals surface area contributed by atoms with Crippen LogP contribution in [0.1, 0.15) is 26.3 Å². The summed E-state index contributed by atoms with van der Waals surface area (Å²) in [7, 11) is 0. The van der Waals surface area contributed by atoms with Crippen LogP contribution in [-0.2, 0) is 5.60 Å². The molecule has 1 heterocycles. The van der Waals surface area contributed by atoms with E-state index in [-0.39, 0.29) is 5.41 Å². The second-order valence-electron chi connectivity index (χ2n) is 5.90. The number of nitrogens with zero attached hydrogens (tertiary/aromatic N) is 2. The fourth-order valence-electron chi connectivity index (χ4n) is 2.16. The number of halogens is 1. The molecular formula is C14H20BrN3O. The van der Waals surface area contributed by atoms with Crippen LogP contribution in [0, 0.1) is 5.41 Å². The Morgan fingerprint density at radius 3 is 2.42 bits per heavy atom. The number of rotatable bonds is 3. The van der Waals surface area contributed by atoms with Crippen LogP contribution in [0.3, 0.4) is 0 Å². The molecule has 104 valence electrons. The van der Waals surface area contributed by atoms with Crippen LogP contribution < -0.4 is 5.43 Å². The molecule has 1 atom stereocenters. The van der Waals surface area contributed by atoms with E-state index in [0.717, 1.165) is 10.0 Å². The SMILES string of the molecule is CC(C)(C)C(O)(CN1CN=CN1)c1ccc(Br)cc1. The van der Waals surface area contributed by atoms with Crippen LogP contribution in [-0.4, -0.2) is 29.7 Å². The van der Waals surface area contributed by atoms with Gasteiger partial charge in [-0.1, -0.05) is 48.8 Å². The molecule has 19 heavy (non-hydrogen) atoms. The van der Waals surface area contributed by atoms with E-state index < -0.39 is 5.60 Å². The minimum Gasteiger partial charge on any atom is -0.383 e. The van der Waals surface area contributed by atoms with E-state index in [1.54, 1.807) is 6.34 Å². The van der Waals surface area contributed by atoms with Crippen molar-refractivity contribution in [3.05, 3.63) is 34.3 Å². The summed E-state index contributed by atoms with van der Waals surface area (Å²) in [6, 6.07) is 7.85. The van der Waals surface area contributed by atoms with Crippen molar-refractivity contribution >= 4 is 22.3 Å². The van der Waals surface area contributed by atoms with Gasteiger partial charge in [-0.25, -0.2) is 0 Å². The molecule has 1 aromatic rings. The first-order valence-electron chi connectivity index (χ1n) is 6.31. The average Bonchev–Trinajstić information content (AvgIpc) is 2.81. The van der Waals surface area contributed by atoms with Crippen molar-refractivity contribution in [3.8, 4) is 0 Å². The summed E-state index contributed by atoms with van der Waals surface area (Å²) < 4.78 is 1.01. The van der Waals surface area contributed by atoms with E-state index in [1.807, 2.05) is 50.0 Å². The zero-order chi connectivity index (χ0) is 14.1. The van der Waals surface area contributed by atoms with Gasteiger partial charge in [-0.3, -0.25) is 4.99 Å². The minimum absolute atomic E-state index is 0.287. The molecule has 2 N–H and O–H groups in total. The lowest BCUT2D eigenvalue weighted by molar-refractivity contribution is -0.0895. The molecule has 0 saturated heterocycles. The third kappa shape index (κ3) is 2.99. The summed E-state index contributed by atoms with van der Waals surface area (Å²) >= 11 is 3.43. The third-order valence-electron chi connectivity index (χ3n) is 3.57. The highest BCUT2D eigenvalue weighted by Gasteiger charge is 2.43. The minimum atomic E-state index is -0.950. The van der Waals surface area contributed by atoms with E-state index in [2.05, 4.69) is 26.3 Å². The van der Waals surface area contributed by atoms with Crippen molar-refractivity contribution in [1.82, 2.24) is 10.4 Å². The Bertz CT molecular complexity index is 459. The Morgan fingerprint density at radius 2 is 1.95 bits per heavy atom. The van der Waals surface area contributed by atoms with E-state index >= 15 is 0 Å². The molecule has 5 heteroatoms. The standard InChI is InChI=1S/C14H20BrN3O/c1-13(2,3)14(19,8-18-10-16-9-17-18)11-4-6-12(15)7-5-11/h4-7,9,19H,8,10H2,1-3H3,(H,16,17). The molecule has 2 rings (SSSR count). The number of aliphatic hydroxyl groups is 1. The number of hydrazine groups is 1. The number of nitrogens with one attached hydrogen (secondary N) is 1. The van der Waals surface area contributed by atoms with Crippen molar-refractivity contribution in [2.24, 2.45) is 10.4 Å². The van der Waals surface area contributed by atoms with Gasteiger partial charge >= 0.3 is 0 Å². The van der Waals surface area contributed by atoms with Crippen molar-refractivity contribution < 1.29 is 5.11 Å². The van der Waals surface area contributed by atoms with Gasteiger partial charge in [0.25, 0.3) is 0 Å². The molecule has 0 saturated carbocycles. The normalized spacial score (nSPS) is 19.2. The van der Waals surface area contributed by atoms with Gasteiger partial charge in [0, 0.05) is 4.47 Å². The number of hydrogen-bond donors (Lipinski definition) is 2. The fraction of sp³-hybridized carbons (Fsp3) is 0.500. The molecular weight excluding hydrogens is 306 g/mol. The van der Waals surface area contributed by atoms with Gasteiger partial charge in [-0.2, -0.15) is 5.01 Å². The number of β-amino-alcohol motifs (C(OH)–C–C–N with tert-alkyl or cyclic N) is 1. The summed E-state index contributed by atoms with van der Waals surface area (Å²) in [5.41, 5.74) is 2.72. The number of hydrogen-bond acceptors (Lipinski definition) is 4. The molecule has 1 aliphatic rings. The zero-order valence-corrected chi connectivity index (χ0v) is 13.1. The second-order valence-corrected chi connectivity index (χ2v) is 6.81. The van der Waals surface area contributed by atoms with Crippen LogP contribution in [0.25, 0.3) is 0 Å². The summed E-state index contributed by atoms with van der Waals surface area (Å²) in [4.78, 5) is 4.11. The maximum Gasteiger partial charge on any atom is 0.110 e. The van der Waals surface area contributed by atoms with Crippen LogP contribution in [0.15, 0.2) is 33.7 Å². The molecule has 0 aromatic heterocycles. The van der Waals surface area contributed by atoms with E-state index in [9.17, 15) is 5.11 Å². The largest absolute Gasteiger partial charge is 0.383 e. The third-order valence-corrected chi connectivity index (χ3v) is 4.09. The quantitative estimate of drug-likeness (QED) is 0.897. The maximum absolute atomic E-state index is 11.2. The average molecular weight is 326 g/mol. The van der Waals surface area contributed by atoms with Crippen LogP contribution in [0.4, 0.5) is 0 Å². The smallest absolute Gasteiger partial charge is 0.110 e. The lowest BCUT2D eigenvalue weighted by Gasteiger charge is -2.42. The van der Waals surface area contributed by atoms with E-state index in [1.165, 1.54) is 0 Å². The first-order chi connectivity index (χ1) is 8.83. The molecule has 1 aliphatic heterocycles. The van der Waals surface area contributed by atoms with E-state index in [4.69, 9.17) is 0 Å². The van der Waals surface area contributed by atoms with Gasteiger partial charge in [0.2, 0.25) is 0 Å². The zero-order valence-electron chi connectivity index (χ0n) is 11.5. The summed E-state index contributed by atoms with van der Waals surface area (Å²) in [5, 5.41) is 13.1. The first kappa shape index (κ1) is 14.5. The highest BCUT2D eigenvalue weighted by molar-refractivity contribution is 9.10. The van der Waals surface area contributed by atoms with Gasteiger partial charge in [0.15, 0.2) is 0 Å². The lowest BCUT2D eigenvalue weighted by atomic mass is 9.72. The van der Waals surface area contributed by atoms with Gasteiger partial charge < -0.3 is 10.5 Å². The summed E-state index contributed by atoms with van der Waals surface area (Å²) in [5.74, 6) is 0. The Hall–Kier alpha value is -0.910. The molecule has 0 fully saturated rings. The first-order valence-corrected chi connectivity index (χ1v) is 7.10. The maximum atomic E-state index is 11.2. The van der Waals surface area contributed by atoms with Crippen molar-refractivity contribution in [3.63, 3.8) is 0 Å². The molecule has 0 amide bonds. The molecule has 1 unspecified atom stereocenters. The number of benzene rings is 1. The van der Waals surface area contributed by atoms with Crippen molar-refractivity contribution in [2.45, 2.75) is 26.4 Å². The monoisotopic (exact) mass is 325 g/mol. The molecule has 0 bridgehead atoms. The fourth-order valence-corrected chi connectivity index (χ4v) is 2.43. The molecule has 0 radical (unpaired) electrons. The topological polar surface area (TPSA) is 47.9 Å². The predicted molar refractivity (Wildman–Crippen MR) is 80.7 cm³/mol.